The van der Waals surface area contributed by atoms with E-state index in [0.717, 1.165) is 40.2 Å². The molecular weight excluding hydrogens is 474 g/mol. The van der Waals surface area contributed by atoms with Crippen molar-refractivity contribution in [3.63, 3.8) is 0 Å². The molecule has 8 heteroatoms. The highest BCUT2D eigenvalue weighted by Crippen LogP contribution is 2.61. The fraction of sp³-hybridized carbons (Fsp3) is 0.357. The molecule has 0 amide bonds. The summed E-state index contributed by atoms with van der Waals surface area (Å²) in [4.78, 5) is 15.9. The molecule has 1 aromatic heterocycles. The van der Waals surface area contributed by atoms with Gasteiger partial charge < -0.3 is 15.2 Å². The van der Waals surface area contributed by atoms with Gasteiger partial charge in [0.1, 0.15) is 18.2 Å². The van der Waals surface area contributed by atoms with Crippen LogP contribution in [0.4, 0.5) is 5.82 Å². The van der Waals surface area contributed by atoms with Crippen molar-refractivity contribution in [2.24, 2.45) is 11.8 Å². The number of carbonyl (C=O) groups is 1. The van der Waals surface area contributed by atoms with Crippen LogP contribution in [-0.4, -0.2) is 38.8 Å². The highest BCUT2D eigenvalue weighted by Gasteiger charge is 2.59. The van der Waals surface area contributed by atoms with Gasteiger partial charge in [0.15, 0.2) is 0 Å². The summed E-state index contributed by atoms with van der Waals surface area (Å²) >= 11 is 0. The Balaban J connectivity index is 1.20. The van der Waals surface area contributed by atoms with Crippen molar-refractivity contribution in [2.45, 2.75) is 32.3 Å². The average Bonchev–Trinajstić information content (AvgIpc) is 3.43. The third-order valence-corrected chi connectivity index (χ3v) is 8.22. The lowest BCUT2D eigenvalue weighted by Gasteiger charge is -2.13. The Kier molecular flexibility index (Phi) is 6.47. The van der Waals surface area contributed by atoms with Gasteiger partial charge in [0.2, 0.25) is 0 Å². The Hall–Kier alpha value is -3.39. The molecule has 0 saturated heterocycles. The van der Waals surface area contributed by atoms with Crippen molar-refractivity contribution in [2.75, 3.05) is 23.9 Å². The number of benzene rings is 2. The Labute approximate surface area is 211 Å². The highest BCUT2D eigenvalue weighted by molar-refractivity contribution is 7.91. The van der Waals surface area contributed by atoms with Gasteiger partial charge in [0, 0.05) is 46.0 Å². The van der Waals surface area contributed by atoms with E-state index in [-0.39, 0.29) is 17.8 Å². The Morgan fingerprint density at radius 3 is 2.83 bits per heavy atom. The van der Waals surface area contributed by atoms with Gasteiger partial charge in [-0.2, -0.15) is 0 Å². The fourth-order valence-corrected chi connectivity index (χ4v) is 6.03. The summed E-state index contributed by atoms with van der Waals surface area (Å²) in [5.41, 5.74) is 6.66. The highest BCUT2D eigenvalue weighted by atomic mass is 32.2. The van der Waals surface area contributed by atoms with Crippen molar-refractivity contribution in [1.29, 1.82) is 4.78 Å². The minimum atomic E-state index is -2.45. The first-order valence-corrected chi connectivity index (χ1v) is 14.3. The molecule has 1 fully saturated rings. The average molecular weight is 506 g/mol. The van der Waals surface area contributed by atoms with Crippen LogP contribution in [0.15, 0.2) is 54.7 Å². The minimum absolute atomic E-state index is 0.180. The van der Waals surface area contributed by atoms with E-state index >= 15 is 0 Å². The normalized spacial score (nSPS) is 21.2. The van der Waals surface area contributed by atoms with Crippen LogP contribution in [0.3, 0.4) is 0 Å². The van der Waals surface area contributed by atoms with E-state index in [1.807, 2.05) is 36.5 Å². The molecule has 3 N–H and O–H groups in total. The van der Waals surface area contributed by atoms with Gasteiger partial charge in [-0.05, 0) is 77.8 Å². The Bertz CT molecular complexity index is 1420. The SMILES string of the molecule is Cc1cc(NCCCS(C)(=N)=O)ncc1-c1cccc(COc2ccc3c(c2)C[C@H]2[C@H](C(=O)O)[C@@H]32)c1. The molecular formula is C28H31N3O4S. The van der Waals surface area contributed by atoms with E-state index in [1.165, 1.54) is 17.4 Å². The summed E-state index contributed by atoms with van der Waals surface area (Å²) in [7, 11) is -2.45. The monoisotopic (exact) mass is 505 g/mol. The van der Waals surface area contributed by atoms with Crippen molar-refractivity contribution in [3.05, 3.63) is 77.0 Å². The third kappa shape index (κ3) is 5.23. The van der Waals surface area contributed by atoms with Gasteiger partial charge in [0.25, 0.3) is 0 Å². The summed E-state index contributed by atoms with van der Waals surface area (Å²) in [5, 5.41) is 12.6. The summed E-state index contributed by atoms with van der Waals surface area (Å²) in [6.45, 7) is 3.13. The molecule has 3 aromatic rings. The summed E-state index contributed by atoms with van der Waals surface area (Å²) in [6.07, 6.45) is 4.82. The summed E-state index contributed by atoms with van der Waals surface area (Å²) < 4.78 is 25.1. The largest absolute Gasteiger partial charge is 0.489 e. The molecule has 2 aromatic carbocycles. The molecule has 7 nitrogen and oxygen atoms in total. The molecule has 0 radical (unpaired) electrons. The second-order valence-electron chi connectivity index (χ2n) is 9.98. The molecule has 0 spiro atoms. The number of ether oxygens (including phenoxy) is 1. The number of pyridine rings is 1. The Morgan fingerprint density at radius 1 is 1.25 bits per heavy atom. The van der Waals surface area contributed by atoms with Gasteiger partial charge >= 0.3 is 5.97 Å². The smallest absolute Gasteiger partial charge is 0.307 e. The molecule has 2 aliphatic rings. The zero-order valence-corrected chi connectivity index (χ0v) is 21.3. The van der Waals surface area contributed by atoms with Crippen LogP contribution in [0, 0.1) is 23.5 Å². The van der Waals surface area contributed by atoms with Gasteiger partial charge in [-0.15, -0.1) is 0 Å². The van der Waals surface area contributed by atoms with E-state index in [2.05, 4.69) is 35.4 Å². The topological polar surface area (TPSA) is 112 Å². The lowest BCUT2D eigenvalue weighted by atomic mass is 10.0. The van der Waals surface area contributed by atoms with E-state index in [9.17, 15) is 14.1 Å². The molecule has 2 aliphatic carbocycles. The molecule has 1 unspecified atom stereocenters. The van der Waals surface area contributed by atoms with E-state index in [4.69, 9.17) is 9.52 Å². The minimum Gasteiger partial charge on any atom is -0.489 e. The molecule has 4 atom stereocenters. The van der Waals surface area contributed by atoms with E-state index < -0.39 is 15.7 Å². The number of nitrogens with one attached hydrogen (secondary N) is 2. The number of aromatic nitrogens is 1. The molecule has 0 bridgehead atoms. The van der Waals surface area contributed by atoms with Gasteiger partial charge in [0.05, 0.1) is 5.92 Å². The summed E-state index contributed by atoms with van der Waals surface area (Å²) in [6, 6.07) is 16.3. The number of carboxylic acids is 1. The molecule has 0 aliphatic heterocycles. The molecule has 1 heterocycles. The quantitative estimate of drug-likeness (QED) is 0.331. The van der Waals surface area contributed by atoms with Crippen LogP contribution >= 0.6 is 0 Å². The lowest BCUT2D eigenvalue weighted by molar-refractivity contribution is -0.139. The molecule has 36 heavy (non-hydrogen) atoms. The number of fused-ring (bicyclic) bond motifs is 3. The van der Waals surface area contributed by atoms with Crippen molar-refractivity contribution in [3.8, 4) is 16.9 Å². The number of aliphatic carboxylic acids is 1. The molecule has 5 rings (SSSR count). The first kappa shape index (κ1) is 24.3. The predicted molar refractivity (Wildman–Crippen MR) is 141 cm³/mol. The fourth-order valence-electron chi connectivity index (χ4n) is 5.33. The van der Waals surface area contributed by atoms with Crippen LogP contribution in [0.1, 0.15) is 34.6 Å². The first-order valence-electron chi connectivity index (χ1n) is 12.2. The number of rotatable bonds is 10. The van der Waals surface area contributed by atoms with Gasteiger partial charge in [-0.25, -0.2) is 4.98 Å². The number of hydrogen-bond acceptors (Lipinski definition) is 6. The van der Waals surface area contributed by atoms with E-state index in [1.54, 1.807) is 0 Å². The van der Waals surface area contributed by atoms with Crippen LogP contribution < -0.4 is 10.1 Å². The van der Waals surface area contributed by atoms with Crippen LogP contribution in [0.5, 0.6) is 5.75 Å². The van der Waals surface area contributed by atoms with Gasteiger partial charge in [-0.1, -0.05) is 24.3 Å². The maximum absolute atomic E-state index is 11.5. The van der Waals surface area contributed by atoms with Crippen LogP contribution in [0.2, 0.25) is 0 Å². The number of anilines is 1. The number of aryl methyl sites for hydroxylation is 1. The maximum Gasteiger partial charge on any atom is 0.307 e. The first-order chi connectivity index (χ1) is 17.2. The molecule has 1 saturated carbocycles. The second-order valence-corrected chi connectivity index (χ2v) is 12.4. The molecule has 188 valence electrons. The zero-order valence-electron chi connectivity index (χ0n) is 20.5. The predicted octanol–water partition coefficient (Wildman–Crippen LogP) is 5.08. The number of hydrogen-bond donors (Lipinski definition) is 3. The summed E-state index contributed by atoms with van der Waals surface area (Å²) in [5.74, 6) is 1.50. The van der Waals surface area contributed by atoms with Gasteiger partial charge in [-0.3, -0.25) is 13.8 Å². The van der Waals surface area contributed by atoms with Crippen molar-refractivity contribution >= 4 is 21.5 Å². The number of carboxylic acid groups (broad SMARTS) is 1. The maximum atomic E-state index is 11.5. The van der Waals surface area contributed by atoms with Crippen molar-refractivity contribution < 1.29 is 18.8 Å². The second kappa shape index (κ2) is 9.58. The van der Waals surface area contributed by atoms with Crippen molar-refractivity contribution in [1.82, 2.24) is 4.98 Å². The van der Waals surface area contributed by atoms with E-state index in [0.29, 0.717) is 25.3 Å². The Morgan fingerprint density at radius 2 is 2.08 bits per heavy atom. The standard InChI is InChI=1S/C28H31N3O4S/c1-17-11-25(30-9-4-10-36(2,29)34)31-15-24(17)19-6-3-5-18(12-19)16-35-21-7-8-22-20(13-21)14-23-26(22)27(23)28(32)33/h3,5-8,11-13,15,23,26-27,29H,4,9-10,14,16H2,1-2H3,(H,30,31)(H,32,33)/t23-,26+,27+,36?/m1/s1. The third-order valence-electron chi connectivity index (χ3n) is 7.15. The van der Waals surface area contributed by atoms with Crippen LogP contribution in [-0.2, 0) is 27.6 Å². The van der Waals surface area contributed by atoms with Crippen LogP contribution in [0.25, 0.3) is 11.1 Å². The zero-order chi connectivity index (χ0) is 25.4. The lowest BCUT2D eigenvalue weighted by Crippen LogP contribution is -2.09. The number of nitrogens with zero attached hydrogens (tertiary/aromatic N) is 1.